The first-order valence-corrected chi connectivity index (χ1v) is 11.9. The number of sulfone groups is 1. The minimum absolute atomic E-state index is 0.0943. The van der Waals surface area contributed by atoms with Gasteiger partial charge in [-0.1, -0.05) is 11.6 Å². The monoisotopic (exact) mass is 388 g/mol. The van der Waals surface area contributed by atoms with E-state index in [4.69, 9.17) is 4.42 Å². The first-order chi connectivity index (χ1) is 12.9. The lowest BCUT2D eigenvalue weighted by molar-refractivity contribution is 0.0340. The fraction of sp³-hybridized carbons (Fsp3) is 0.619. The van der Waals surface area contributed by atoms with Gasteiger partial charge >= 0.3 is 0 Å². The molecule has 146 valence electrons. The summed E-state index contributed by atoms with van der Waals surface area (Å²) in [7, 11) is -2.96. The summed E-state index contributed by atoms with van der Waals surface area (Å²) in [5.41, 5.74) is 3.34. The van der Waals surface area contributed by atoms with Crippen LogP contribution in [0.4, 0.5) is 0 Å². The van der Waals surface area contributed by atoms with E-state index in [-0.39, 0.29) is 17.8 Å². The molecule has 2 saturated heterocycles. The molecule has 5 rings (SSSR count). The minimum Gasteiger partial charge on any atom is -0.459 e. The van der Waals surface area contributed by atoms with E-state index in [0.29, 0.717) is 12.3 Å². The van der Waals surface area contributed by atoms with Crippen LogP contribution in [0.2, 0.25) is 0 Å². The predicted octanol–water partition coefficient (Wildman–Crippen LogP) is 2.74. The molecule has 0 N–H and O–H groups in total. The SMILES string of the molecule is Cc1ccc2oc(CN3CCN(CC4CC4)[C@@H]4CS(=O)(=O)C[C@@H]43)c(C)c2c1. The van der Waals surface area contributed by atoms with Crippen molar-refractivity contribution in [3.8, 4) is 0 Å². The van der Waals surface area contributed by atoms with Gasteiger partial charge in [-0.3, -0.25) is 9.80 Å². The maximum Gasteiger partial charge on any atom is 0.153 e. The van der Waals surface area contributed by atoms with E-state index < -0.39 is 9.84 Å². The summed E-state index contributed by atoms with van der Waals surface area (Å²) in [6, 6.07) is 6.53. The van der Waals surface area contributed by atoms with Crippen LogP contribution in [-0.2, 0) is 16.4 Å². The number of hydrogen-bond donors (Lipinski definition) is 0. The van der Waals surface area contributed by atoms with Crippen molar-refractivity contribution in [1.82, 2.24) is 9.80 Å². The minimum atomic E-state index is -2.96. The molecule has 5 nitrogen and oxygen atoms in total. The van der Waals surface area contributed by atoms with E-state index in [0.717, 1.165) is 36.9 Å². The van der Waals surface area contributed by atoms with Crippen LogP contribution in [0.1, 0.15) is 29.7 Å². The molecule has 0 radical (unpaired) electrons. The molecule has 2 atom stereocenters. The molecule has 2 aromatic rings. The molecule has 3 heterocycles. The summed E-state index contributed by atoms with van der Waals surface area (Å²) in [6.07, 6.45) is 2.61. The van der Waals surface area contributed by atoms with Crippen molar-refractivity contribution >= 4 is 20.8 Å². The molecule has 2 aliphatic heterocycles. The highest BCUT2D eigenvalue weighted by atomic mass is 32.2. The Kier molecular flexibility index (Phi) is 4.15. The molecule has 27 heavy (non-hydrogen) atoms. The van der Waals surface area contributed by atoms with Gasteiger partial charge in [0.05, 0.1) is 18.1 Å². The first-order valence-electron chi connectivity index (χ1n) is 10.1. The normalized spacial score (nSPS) is 28.7. The zero-order chi connectivity index (χ0) is 18.8. The van der Waals surface area contributed by atoms with Crippen molar-refractivity contribution in [3.05, 3.63) is 35.1 Å². The number of hydrogen-bond acceptors (Lipinski definition) is 5. The van der Waals surface area contributed by atoms with Crippen molar-refractivity contribution in [2.75, 3.05) is 31.1 Å². The van der Waals surface area contributed by atoms with Crippen LogP contribution >= 0.6 is 0 Å². The number of piperazine rings is 1. The summed E-state index contributed by atoms with van der Waals surface area (Å²) < 4.78 is 31.0. The van der Waals surface area contributed by atoms with Crippen LogP contribution < -0.4 is 0 Å². The smallest absolute Gasteiger partial charge is 0.153 e. The van der Waals surface area contributed by atoms with Crippen LogP contribution in [-0.4, -0.2) is 61.4 Å². The molecular formula is C21H28N2O3S. The molecule has 0 bridgehead atoms. The van der Waals surface area contributed by atoms with Crippen LogP contribution in [0.3, 0.4) is 0 Å². The Hall–Kier alpha value is -1.37. The van der Waals surface area contributed by atoms with Gasteiger partial charge in [0.1, 0.15) is 11.3 Å². The Balaban J connectivity index is 1.41. The Bertz CT molecular complexity index is 977. The average Bonchev–Trinajstić information content (AvgIpc) is 3.30. The predicted molar refractivity (Wildman–Crippen MR) is 107 cm³/mol. The van der Waals surface area contributed by atoms with E-state index in [2.05, 4.69) is 35.8 Å². The van der Waals surface area contributed by atoms with Gasteiger partial charge in [0.15, 0.2) is 9.84 Å². The summed E-state index contributed by atoms with van der Waals surface area (Å²) in [4.78, 5) is 4.81. The molecular weight excluding hydrogens is 360 g/mol. The third-order valence-corrected chi connectivity index (χ3v) is 8.33. The van der Waals surface area contributed by atoms with Crippen molar-refractivity contribution in [1.29, 1.82) is 0 Å². The molecule has 1 aromatic heterocycles. The molecule has 0 amide bonds. The lowest BCUT2D eigenvalue weighted by Crippen LogP contribution is -2.59. The average molecular weight is 389 g/mol. The van der Waals surface area contributed by atoms with E-state index in [9.17, 15) is 8.42 Å². The second-order valence-electron chi connectivity index (χ2n) is 8.77. The van der Waals surface area contributed by atoms with Gasteiger partial charge in [0.2, 0.25) is 0 Å². The highest BCUT2D eigenvalue weighted by Crippen LogP contribution is 2.35. The fourth-order valence-electron chi connectivity index (χ4n) is 4.87. The van der Waals surface area contributed by atoms with Crippen molar-refractivity contribution in [2.45, 2.75) is 45.3 Å². The van der Waals surface area contributed by atoms with Gasteiger partial charge in [-0.05, 0) is 50.3 Å². The molecule has 1 saturated carbocycles. The molecule has 0 unspecified atom stereocenters. The second-order valence-corrected chi connectivity index (χ2v) is 10.9. The van der Waals surface area contributed by atoms with Gasteiger partial charge in [-0.25, -0.2) is 8.42 Å². The van der Waals surface area contributed by atoms with Crippen molar-refractivity contribution in [3.63, 3.8) is 0 Å². The van der Waals surface area contributed by atoms with Crippen LogP contribution in [0.25, 0.3) is 11.0 Å². The standard InChI is InChI=1S/C21H28N2O3S/c1-14-3-6-20-17(9-14)15(2)21(26-20)11-23-8-7-22(10-16-4-5-16)18-12-27(24,25)13-19(18)23/h3,6,9,16,18-19H,4-5,7-8,10-13H2,1-2H3/t18-,19+/m1/s1. The third kappa shape index (κ3) is 3.32. The number of furan rings is 1. The lowest BCUT2D eigenvalue weighted by Gasteiger charge is -2.43. The van der Waals surface area contributed by atoms with Crippen LogP contribution in [0.5, 0.6) is 0 Å². The number of rotatable bonds is 4. The molecule has 3 aliphatic rings. The summed E-state index contributed by atoms with van der Waals surface area (Å²) >= 11 is 0. The van der Waals surface area contributed by atoms with E-state index >= 15 is 0 Å². The van der Waals surface area contributed by atoms with E-state index in [1.807, 2.05) is 6.07 Å². The third-order valence-electron chi connectivity index (χ3n) is 6.63. The maximum absolute atomic E-state index is 12.4. The largest absolute Gasteiger partial charge is 0.459 e. The van der Waals surface area contributed by atoms with Gasteiger partial charge in [0.25, 0.3) is 0 Å². The topological polar surface area (TPSA) is 53.8 Å². The highest BCUT2D eigenvalue weighted by molar-refractivity contribution is 7.91. The highest BCUT2D eigenvalue weighted by Gasteiger charge is 2.47. The number of aryl methyl sites for hydroxylation is 2. The van der Waals surface area contributed by atoms with Gasteiger partial charge in [-0.15, -0.1) is 0 Å². The second kappa shape index (κ2) is 6.33. The zero-order valence-corrected chi connectivity index (χ0v) is 17.0. The van der Waals surface area contributed by atoms with Crippen LogP contribution in [0, 0.1) is 19.8 Å². The summed E-state index contributed by atoms with van der Waals surface area (Å²) in [6.45, 7) is 7.87. The Labute approximate surface area is 161 Å². The van der Waals surface area contributed by atoms with Gasteiger partial charge < -0.3 is 4.42 Å². The number of fused-ring (bicyclic) bond motifs is 2. The molecule has 0 spiro atoms. The van der Waals surface area contributed by atoms with Gasteiger partial charge in [-0.2, -0.15) is 0 Å². The molecule has 1 aromatic carbocycles. The quantitative estimate of drug-likeness (QED) is 0.806. The molecule has 3 fully saturated rings. The van der Waals surface area contributed by atoms with Crippen LogP contribution in [0.15, 0.2) is 22.6 Å². The number of nitrogens with zero attached hydrogens (tertiary/aromatic N) is 2. The van der Waals surface area contributed by atoms with Crippen molar-refractivity contribution in [2.24, 2.45) is 5.92 Å². The zero-order valence-electron chi connectivity index (χ0n) is 16.1. The summed E-state index contributed by atoms with van der Waals surface area (Å²) in [5.74, 6) is 2.38. The first kappa shape index (κ1) is 17.7. The Morgan fingerprint density at radius 2 is 1.78 bits per heavy atom. The molecule has 1 aliphatic carbocycles. The number of benzene rings is 1. The fourth-order valence-corrected chi connectivity index (χ4v) is 6.92. The Morgan fingerprint density at radius 3 is 2.52 bits per heavy atom. The maximum atomic E-state index is 12.4. The summed E-state index contributed by atoms with van der Waals surface area (Å²) in [5, 5.41) is 1.17. The lowest BCUT2D eigenvalue weighted by atomic mass is 10.0. The van der Waals surface area contributed by atoms with Gasteiger partial charge in [0, 0.05) is 37.1 Å². The van der Waals surface area contributed by atoms with Crippen molar-refractivity contribution < 1.29 is 12.8 Å². The van der Waals surface area contributed by atoms with E-state index in [1.165, 1.54) is 29.4 Å². The van der Waals surface area contributed by atoms with E-state index in [1.54, 1.807) is 0 Å². The molecule has 6 heteroatoms. The Morgan fingerprint density at radius 1 is 1.07 bits per heavy atom.